The highest BCUT2D eigenvalue weighted by molar-refractivity contribution is 5.76. The molecule has 4 nitrogen and oxygen atoms in total. The average molecular weight is 240 g/mol. The Morgan fingerprint density at radius 3 is 2.65 bits per heavy atom. The number of carbonyl (C=O) groups excluding carboxylic acids is 1. The van der Waals surface area contributed by atoms with E-state index in [2.05, 4.69) is 12.2 Å². The first kappa shape index (κ1) is 12.8. The molecule has 0 aromatic carbocycles. The fraction of sp³-hybridized carbons (Fsp3) is 0.923. The second-order valence-electron chi connectivity index (χ2n) is 5.62. The van der Waals surface area contributed by atoms with Crippen LogP contribution in [0.4, 0.5) is 0 Å². The molecule has 17 heavy (non-hydrogen) atoms. The third-order valence-electron chi connectivity index (χ3n) is 4.28. The fourth-order valence-electron chi connectivity index (χ4n) is 2.94. The molecular weight excluding hydrogens is 216 g/mol. The van der Waals surface area contributed by atoms with Crippen LogP contribution in [0.3, 0.4) is 0 Å². The first-order chi connectivity index (χ1) is 8.20. The van der Waals surface area contributed by atoms with Gasteiger partial charge in [0.15, 0.2) is 0 Å². The minimum Gasteiger partial charge on any atom is -0.396 e. The van der Waals surface area contributed by atoms with Gasteiger partial charge in [0.05, 0.1) is 0 Å². The van der Waals surface area contributed by atoms with E-state index in [1.807, 2.05) is 4.90 Å². The van der Waals surface area contributed by atoms with Gasteiger partial charge in [0, 0.05) is 32.0 Å². The summed E-state index contributed by atoms with van der Waals surface area (Å²) in [5.41, 5.74) is 0. The topological polar surface area (TPSA) is 52.6 Å². The number of hydrogen-bond donors (Lipinski definition) is 2. The van der Waals surface area contributed by atoms with Gasteiger partial charge in [0.25, 0.3) is 0 Å². The summed E-state index contributed by atoms with van der Waals surface area (Å²) < 4.78 is 0. The zero-order valence-electron chi connectivity index (χ0n) is 10.7. The summed E-state index contributed by atoms with van der Waals surface area (Å²) in [6.07, 6.45) is 2.95. The highest BCUT2D eigenvalue weighted by atomic mass is 16.3. The molecule has 4 heteroatoms. The van der Waals surface area contributed by atoms with E-state index in [0.717, 1.165) is 39.0 Å². The van der Waals surface area contributed by atoms with Gasteiger partial charge in [-0.15, -0.1) is 0 Å². The summed E-state index contributed by atoms with van der Waals surface area (Å²) in [5, 5.41) is 12.5. The van der Waals surface area contributed by atoms with Crippen molar-refractivity contribution in [1.29, 1.82) is 0 Å². The lowest BCUT2D eigenvalue weighted by Crippen LogP contribution is -2.34. The minimum absolute atomic E-state index is 0.207. The van der Waals surface area contributed by atoms with Crippen LogP contribution in [0, 0.1) is 17.8 Å². The van der Waals surface area contributed by atoms with Crippen LogP contribution in [0.5, 0.6) is 0 Å². The first-order valence-corrected chi connectivity index (χ1v) is 6.80. The largest absolute Gasteiger partial charge is 0.396 e. The van der Waals surface area contributed by atoms with Crippen molar-refractivity contribution < 1.29 is 9.90 Å². The maximum atomic E-state index is 12.1. The smallest absolute Gasteiger partial charge is 0.222 e. The maximum absolute atomic E-state index is 12.1. The summed E-state index contributed by atoms with van der Waals surface area (Å²) >= 11 is 0. The Kier molecular flexibility index (Phi) is 4.40. The zero-order chi connectivity index (χ0) is 12.3. The van der Waals surface area contributed by atoms with E-state index in [0.29, 0.717) is 24.2 Å². The summed E-state index contributed by atoms with van der Waals surface area (Å²) in [4.78, 5) is 14.1. The molecule has 0 bridgehead atoms. The van der Waals surface area contributed by atoms with Gasteiger partial charge >= 0.3 is 0 Å². The van der Waals surface area contributed by atoms with E-state index in [4.69, 9.17) is 0 Å². The van der Waals surface area contributed by atoms with Crippen LogP contribution in [0.2, 0.25) is 0 Å². The van der Waals surface area contributed by atoms with Gasteiger partial charge in [-0.05, 0) is 37.8 Å². The molecule has 0 spiro atoms. The Morgan fingerprint density at radius 1 is 1.35 bits per heavy atom. The molecule has 0 radical (unpaired) electrons. The highest BCUT2D eigenvalue weighted by Gasteiger charge is 2.32. The van der Waals surface area contributed by atoms with Gasteiger partial charge in [0.1, 0.15) is 0 Å². The van der Waals surface area contributed by atoms with Gasteiger partial charge in [0.2, 0.25) is 5.91 Å². The Balaban J connectivity index is 1.80. The second-order valence-corrected chi connectivity index (χ2v) is 5.62. The van der Waals surface area contributed by atoms with Crippen molar-refractivity contribution in [2.45, 2.75) is 26.2 Å². The minimum atomic E-state index is 0.207. The van der Waals surface area contributed by atoms with E-state index in [1.165, 1.54) is 0 Å². The quantitative estimate of drug-likeness (QED) is 0.753. The van der Waals surface area contributed by atoms with E-state index in [-0.39, 0.29) is 12.5 Å². The van der Waals surface area contributed by atoms with Crippen LogP contribution in [0.15, 0.2) is 0 Å². The molecule has 2 N–H and O–H groups in total. The van der Waals surface area contributed by atoms with Crippen LogP contribution < -0.4 is 5.32 Å². The molecule has 2 heterocycles. The van der Waals surface area contributed by atoms with Gasteiger partial charge in [-0.1, -0.05) is 6.92 Å². The Morgan fingerprint density at radius 2 is 2.06 bits per heavy atom. The predicted molar refractivity (Wildman–Crippen MR) is 66.5 cm³/mol. The molecule has 2 aliphatic rings. The van der Waals surface area contributed by atoms with Crippen molar-refractivity contribution in [2.75, 3.05) is 32.8 Å². The summed E-state index contributed by atoms with van der Waals surface area (Å²) in [5.74, 6) is 1.58. The first-order valence-electron chi connectivity index (χ1n) is 6.80. The highest BCUT2D eigenvalue weighted by Crippen LogP contribution is 2.25. The number of piperidine rings is 1. The molecule has 2 atom stereocenters. The summed E-state index contributed by atoms with van der Waals surface area (Å²) in [7, 11) is 0. The third-order valence-corrected chi connectivity index (χ3v) is 4.28. The van der Waals surface area contributed by atoms with Crippen LogP contribution in [-0.4, -0.2) is 48.7 Å². The molecule has 0 unspecified atom stereocenters. The van der Waals surface area contributed by atoms with Crippen LogP contribution in [-0.2, 0) is 4.79 Å². The maximum Gasteiger partial charge on any atom is 0.222 e. The molecule has 2 fully saturated rings. The average Bonchev–Trinajstić information content (AvgIpc) is 2.72. The van der Waals surface area contributed by atoms with Crippen molar-refractivity contribution in [3.63, 3.8) is 0 Å². The number of hydrogen-bond acceptors (Lipinski definition) is 3. The van der Waals surface area contributed by atoms with E-state index in [9.17, 15) is 9.90 Å². The molecule has 98 valence electrons. The van der Waals surface area contributed by atoms with Gasteiger partial charge in [-0.2, -0.15) is 0 Å². The zero-order valence-corrected chi connectivity index (χ0v) is 10.7. The number of aliphatic hydroxyl groups is 1. The van der Waals surface area contributed by atoms with Crippen molar-refractivity contribution >= 4 is 5.91 Å². The fourth-order valence-corrected chi connectivity index (χ4v) is 2.94. The van der Waals surface area contributed by atoms with Crippen molar-refractivity contribution in [3.05, 3.63) is 0 Å². The van der Waals surface area contributed by atoms with Crippen molar-refractivity contribution in [1.82, 2.24) is 10.2 Å². The molecule has 0 aliphatic carbocycles. The standard InChI is InChI=1S/C13H24N2O2/c1-10-7-15(8-12(10)9-16)13(17)6-11-2-4-14-5-3-11/h10-12,14,16H,2-9H2,1H3/t10-,12-/m0/s1. The predicted octanol–water partition coefficient (Wildman–Crippen LogP) is 0.463. The number of rotatable bonds is 3. The number of nitrogens with zero attached hydrogens (tertiary/aromatic N) is 1. The van der Waals surface area contributed by atoms with E-state index < -0.39 is 0 Å². The monoisotopic (exact) mass is 240 g/mol. The normalized spacial score (nSPS) is 30.8. The third kappa shape index (κ3) is 3.19. The molecule has 2 saturated heterocycles. The van der Waals surface area contributed by atoms with Gasteiger partial charge < -0.3 is 15.3 Å². The summed E-state index contributed by atoms with van der Waals surface area (Å²) in [6, 6.07) is 0. The molecule has 0 aromatic rings. The lowest BCUT2D eigenvalue weighted by atomic mass is 9.94. The SMILES string of the molecule is C[C@H]1CN(C(=O)CC2CCNCC2)C[C@H]1CO. The van der Waals surface area contributed by atoms with Crippen molar-refractivity contribution in [2.24, 2.45) is 17.8 Å². The molecule has 2 rings (SSSR count). The molecule has 2 aliphatic heterocycles. The molecule has 0 saturated carbocycles. The number of amides is 1. The Labute approximate surface area is 103 Å². The van der Waals surface area contributed by atoms with Crippen LogP contribution >= 0.6 is 0 Å². The molecule has 0 aromatic heterocycles. The summed E-state index contributed by atoms with van der Waals surface area (Å²) in [6.45, 7) is 6.01. The van der Waals surface area contributed by atoms with Gasteiger partial charge in [-0.3, -0.25) is 4.79 Å². The second kappa shape index (κ2) is 5.83. The lowest BCUT2D eigenvalue weighted by molar-refractivity contribution is -0.131. The molecular formula is C13H24N2O2. The molecule has 1 amide bonds. The Bertz CT molecular complexity index is 264. The van der Waals surface area contributed by atoms with Crippen molar-refractivity contribution in [3.8, 4) is 0 Å². The van der Waals surface area contributed by atoms with E-state index in [1.54, 1.807) is 0 Å². The van der Waals surface area contributed by atoms with Crippen LogP contribution in [0.1, 0.15) is 26.2 Å². The van der Waals surface area contributed by atoms with Gasteiger partial charge in [-0.25, -0.2) is 0 Å². The van der Waals surface area contributed by atoms with Crippen LogP contribution in [0.25, 0.3) is 0 Å². The van der Waals surface area contributed by atoms with E-state index >= 15 is 0 Å². The number of carbonyl (C=O) groups is 1. The Hall–Kier alpha value is -0.610. The number of likely N-dealkylation sites (tertiary alicyclic amines) is 1. The number of nitrogens with one attached hydrogen (secondary N) is 1. The number of aliphatic hydroxyl groups excluding tert-OH is 1. The lowest BCUT2D eigenvalue weighted by Gasteiger charge is -2.24.